The molecular formula is C29H30F3N5S. The van der Waals surface area contributed by atoms with Crippen LogP contribution in [-0.2, 0) is 13.0 Å². The van der Waals surface area contributed by atoms with Gasteiger partial charge in [0.2, 0.25) is 5.95 Å². The third-order valence-corrected chi connectivity index (χ3v) is 8.49. The van der Waals surface area contributed by atoms with Crippen LogP contribution in [0, 0.1) is 23.4 Å². The molecule has 198 valence electrons. The second kappa shape index (κ2) is 10.9. The Morgan fingerprint density at radius 2 is 1.61 bits per heavy atom. The van der Waals surface area contributed by atoms with Gasteiger partial charge in [-0.2, -0.15) is 4.98 Å². The lowest BCUT2D eigenvalue weighted by Crippen LogP contribution is -2.46. The molecule has 0 unspecified atom stereocenters. The zero-order valence-corrected chi connectivity index (χ0v) is 21.9. The zero-order valence-electron chi connectivity index (χ0n) is 21.1. The van der Waals surface area contributed by atoms with Gasteiger partial charge in [-0.1, -0.05) is 18.2 Å². The van der Waals surface area contributed by atoms with E-state index < -0.39 is 11.6 Å². The summed E-state index contributed by atoms with van der Waals surface area (Å²) in [5.41, 5.74) is 1.58. The van der Waals surface area contributed by atoms with E-state index in [0.717, 1.165) is 92.3 Å². The highest BCUT2D eigenvalue weighted by atomic mass is 32.1. The lowest BCUT2D eigenvalue weighted by Gasteiger charge is -2.36. The van der Waals surface area contributed by atoms with Crippen LogP contribution in [0.25, 0.3) is 10.2 Å². The lowest BCUT2D eigenvalue weighted by molar-refractivity contribution is 0.249. The number of hydrogen-bond donors (Lipinski definition) is 0. The van der Waals surface area contributed by atoms with Crippen molar-refractivity contribution in [3.63, 3.8) is 0 Å². The minimum atomic E-state index is -0.536. The first-order valence-electron chi connectivity index (χ1n) is 13.2. The number of piperidine rings is 1. The Kier molecular flexibility index (Phi) is 7.21. The molecule has 5 nitrogen and oxygen atoms in total. The molecule has 0 N–H and O–H groups in total. The molecule has 0 bridgehead atoms. The number of hydrogen-bond acceptors (Lipinski definition) is 6. The number of anilines is 2. The molecule has 6 rings (SSSR count). The maximum atomic E-state index is 14.1. The van der Waals surface area contributed by atoms with E-state index in [1.807, 2.05) is 6.07 Å². The third-order valence-electron chi connectivity index (χ3n) is 7.68. The molecule has 0 atom stereocenters. The number of thiophene rings is 1. The average Bonchev–Trinajstić information content (AvgIpc) is 3.40. The normalized spacial score (nSPS) is 17.4. The summed E-state index contributed by atoms with van der Waals surface area (Å²) in [6.45, 7) is 5.82. The molecule has 2 aromatic heterocycles. The summed E-state index contributed by atoms with van der Waals surface area (Å²) in [4.78, 5) is 17.9. The molecule has 4 heterocycles. The molecule has 38 heavy (non-hydrogen) atoms. The SMILES string of the molecule is Fc1cccc(CN2CCN(c3nc(N4CCC(Cc5ccc(F)cc5F)CC4)nc4sccc34)CC2)c1. The molecule has 0 aliphatic carbocycles. The lowest BCUT2D eigenvalue weighted by atomic mass is 9.90. The summed E-state index contributed by atoms with van der Waals surface area (Å²) in [6.07, 6.45) is 2.45. The van der Waals surface area contributed by atoms with Crippen molar-refractivity contribution in [1.82, 2.24) is 14.9 Å². The number of nitrogens with zero attached hydrogens (tertiary/aromatic N) is 5. The van der Waals surface area contributed by atoms with Gasteiger partial charge in [-0.3, -0.25) is 4.90 Å². The number of fused-ring (bicyclic) bond motifs is 1. The molecule has 2 fully saturated rings. The summed E-state index contributed by atoms with van der Waals surface area (Å²) in [6, 6.07) is 12.8. The quantitative estimate of drug-likeness (QED) is 0.307. The molecule has 0 saturated carbocycles. The maximum Gasteiger partial charge on any atom is 0.228 e. The number of piperazine rings is 1. The highest BCUT2D eigenvalue weighted by molar-refractivity contribution is 7.16. The van der Waals surface area contributed by atoms with Crippen molar-refractivity contribution in [2.75, 3.05) is 49.1 Å². The molecule has 0 radical (unpaired) electrons. The van der Waals surface area contributed by atoms with Gasteiger partial charge in [0.05, 0.1) is 5.39 Å². The van der Waals surface area contributed by atoms with Gasteiger partial charge in [-0.25, -0.2) is 18.2 Å². The van der Waals surface area contributed by atoms with Gasteiger partial charge >= 0.3 is 0 Å². The molecule has 9 heteroatoms. The molecular weight excluding hydrogens is 507 g/mol. The number of benzene rings is 2. The average molecular weight is 538 g/mol. The van der Waals surface area contributed by atoms with Crippen molar-refractivity contribution in [3.05, 3.63) is 82.5 Å². The topological polar surface area (TPSA) is 35.5 Å². The second-order valence-corrected chi connectivity index (χ2v) is 11.1. The number of rotatable bonds is 6. The molecule has 0 spiro atoms. The van der Waals surface area contributed by atoms with E-state index in [4.69, 9.17) is 9.97 Å². The maximum absolute atomic E-state index is 14.1. The molecule has 2 aliphatic rings. The Labute approximate surface area is 224 Å². The van der Waals surface area contributed by atoms with E-state index in [-0.39, 0.29) is 5.82 Å². The van der Waals surface area contributed by atoms with Crippen molar-refractivity contribution in [1.29, 1.82) is 0 Å². The van der Waals surface area contributed by atoms with Crippen LogP contribution in [0.3, 0.4) is 0 Å². The van der Waals surface area contributed by atoms with E-state index in [2.05, 4.69) is 26.1 Å². The number of aromatic nitrogens is 2. The second-order valence-electron chi connectivity index (χ2n) is 10.3. The first-order valence-corrected chi connectivity index (χ1v) is 14.1. The molecule has 2 aromatic carbocycles. The summed E-state index contributed by atoms with van der Waals surface area (Å²) >= 11 is 1.63. The van der Waals surface area contributed by atoms with Crippen molar-refractivity contribution < 1.29 is 13.2 Å². The minimum absolute atomic E-state index is 0.193. The van der Waals surface area contributed by atoms with Crippen LogP contribution in [0.5, 0.6) is 0 Å². The molecule has 4 aromatic rings. The van der Waals surface area contributed by atoms with Crippen LogP contribution in [0.4, 0.5) is 24.9 Å². The highest BCUT2D eigenvalue weighted by Crippen LogP contribution is 2.33. The van der Waals surface area contributed by atoms with Crippen LogP contribution < -0.4 is 9.80 Å². The van der Waals surface area contributed by atoms with Crippen LogP contribution >= 0.6 is 11.3 Å². The van der Waals surface area contributed by atoms with Gasteiger partial charge in [-0.05, 0) is 66.0 Å². The summed E-state index contributed by atoms with van der Waals surface area (Å²) in [5, 5.41) is 3.15. The van der Waals surface area contributed by atoms with E-state index in [0.29, 0.717) is 17.9 Å². The van der Waals surface area contributed by atoms with Crippen molar-refractivity contribution >= 4 is 33.3 Å². The smallest absolute Gasteiger partial charge is 0.228 e. The molecule has 0 amide bonds. The molecule has 2 aliphatic heterocycles. The third kappa shape index (κ3) is 5.49. The first kappa shape index (κ1) is 25.1. The Morgan fingerprint density at radius 1 is 0.816 bits per heavy atom. The Hall–Kier alpha value is -3.17. The van der Waals surface area contributed by atoms with Gasteiger partial charge in [0, 0.05) is 51.9 Å². The standard InChI is InChI=1S/C29H30F3N5S/c30-23-3-1-2-21(17-23)19-35-11-13-36(14-12-35)27-25-8-15-38-28(25)34-29(33-27)37-9-6-20(7-10-37)16-22-4-5-24(31)18-26(22)32/h1-5,8,15,17-18,20H,6-7,9-14,16,19H2. The van der Waals surface area contributed by atoms with Crippen LogP contribution in [0.1, 0.15) is 24.0 Å². The predicted octanol–water partition coefficient (Wildman–Crippen LogP) is 5.89. The van der Waals surface area contributed by atoms with Crippen LogP contribution in [0.2, 0.25) is 0 Å². The Bertz CT molecular complexity index is 1410. The van der Waals surface area contributed by atoms with Crippen LogP contribution in [0.15, 0.2) is 53.9 Å². The summed E-state index contributed by atoms with van der Waals surface area (Å²) in [5.74, 6) is 0.893. The van der Waals surface area contributed by atoms with Gasteiger partial charge < -0.3 is 9.80 Å². The summed E-state index contributed by atoms with van der Waals surface area (Å²) < 4.78 is 41.0. The fourth-order valence-electron chi connectivity index (χ4n) is 5.56. The monoisotopic (exact) mass is 537 g/mol. The van der Waals surface area contributed by atoms with Crippen molar-refractivity contribution in [2.45, 2.75) is 25.8 Å². The van der Waals surface area contributed by atoms with Gasteiger partial charge in [0.1, 0.15) is 28.1 Å². The van der Waals surface area contributed by atoms with E-state index in [1.165, 1.54) is 12.1 Å². The van der Waals surface area contributed by atoms with Crippen molar-refractivity contribution in [3.8, 4) is 0 Å². The van der Waals surface area contributed by atoms with Gasteiger partial charge in [0.25, 0.3) is 0 Å². The van der Waals surface area contributed by atoms with Gasteiger partial charge in [0.15, 0.2) is 0 Å². The largest absolute Gasteiger partial charge is 0.353 e. The van der Waals surface area contributed by atoms with E-state index >= 15 is 0 Å². The Morgan fingerprint density at radius 3 is 2.37 bits per heavy atom. The predicted molar refractivity (Wildman–Crippen MR) is 146 cm³/mol. The fourth-order valence-corrected chi connectivity index (χ4v) is 6.31. The van der Waals surface area contributed by atoms with Gasteiger partial charge in [-0.15, -0.1) is 11.3 Å². The number of halogens is 3. The minimum Gasteiger partial charge on any atom is -0.353 e. The first-order chi connectivity index (χ1) is 18.5. The van der Waals surface area contributed by atoms with Crippen LogP contribution in [-0.4, -0.2) is 54.1 Å². The fraction of sp³-hybridized carbons (Fsp3) is 0.379. The summed E-state index contributed by atoms with van der Waals surface area (Å²) in [7, 11) is 0. The van der Waals surface area contributed by atoms with Crippen molar-refractivity contribution in [2.24, 2.45) is 5.92 Å². The molecule has 2 saturated heterocycles. The van der Waals surface area contributed by atoms with E-state index in [9.17, 15) is 13.2 Å². The van der Waals surface area contributed by atoms with E-state index in [1.54, 1.807) is 29.5 Å². The Balaban J connectivity index is 1.12. The highest BCUT2D eigenvalue weighted by Gasteiger charge is 2.26. The zero-order chi connectivity index (χ0) is 26.1.